The SMILES string of the molecule is CC1(C)CC(=O)C(C=NCCc2ccc(S(N)(=O)=O)cc2)C(=O)C1. The van der Waals surface area contributed by atoms with E-state index in [1.807, 2.05) is 13.8 Å². The molecular weight excluding hydrogens is 328 g/mol. The van der Waals surface area contributed by atoms with Crippen molar-refractivity contribution in [1.82, 2.24) is 0 Å². The fraction of sp³-hybridized carbons (Fsp3) is 0.471. The number of nitrogens with zero attached hydrogens (tertiary/aromatic N) is 1. The first kappa shape index (κ1) is 18.5. The molecular formula is C17H22N2O4S. The van der Waals surface area contributed by atoms with Crippen molar-refractivity contribution in [1.29, 1.82) is 0 Å². The number of hydrogen-bond donors (Lipinski definition) is 1. The van der Waals surface area contributed by atoms with Crippen molar-refractivity contribution in [2.45, 2.75) is 38.0 Å². The van der Waals surface area contributed by atoms with E-state index in [4.69, 9.17) is 5.14 Å². The fourth-order valence-electron chi connectivity index (χ4n) is 2.79. The lowest BCUT2D eigenvalue weighted by molar-refractivity contribution is -0.136. The number of hydrogen-bond acceptors (Lipinski definition) is 5. The van der Waals surface area contributed by atoms with Gasteiger partial charge in [0.05, 0.1) is 4.90 Å². The highest BCUT2D eigenvalue weighted by atomic mass is 32.2. The molecule has 2 rings (SSSR count). The van der Waals surface area contributed by atoms with Gasteiger partial charge in [0.15, 0.2) is 0 Å². The Bertz CT molecular complexity index is 744. The van der Waals surface area contributed by atoms with Gasteiger partial charge in [-0.05, 0) is 29.5 Å². The van der Waals surface area contributed by atoms with Crippen LogP contribution in [0.25, 0.3) is 0 Å². The van der Waals surface area contributed by atoms with Crippen LogP contribution < -0.4 is 5.14 Å². The lowest BCUT2D eigenvalue weighted by Crippen LogP contribution is -2.38. The van der Waals surface area contributed by atoms with Gasteiger partial charge in [0.1, 0.15) is 17.5 Å². The monoisotopic (exact) mass is 350 g/mol. The van der Waals surface area contributed by atoms with Crippen molar-refractivity contribution in [3.05, 3.63) is 29.8 Å². The molecule has 0 spiro atoms. The summed E-state index contributed by atoms with van der Waals surface area (Å²) in [6, 6.07) is 6.25. The number of carbonyl (C=O) groups is 2. The van der Waals surface area contributed by atoms with E-state index in [0.29, 0.717) is 25.8 Å². The topological polar surface area (TPSA) is 107 Å². The van der Waals surface area contributed by atoms with Crippen molar-refractivity contribution in [3.8, 4) is 0 Å². The quantitative estimate of drug-likeness (QED) is 0.642. The molecule has 1 aromatic rings. The Morgan fingerprint density at radius 2 is 1.71 bits per heavy atom. The van der Waals surface area contributed by atoms with E-state index < -0.39 is 15.9 Å². The zero-order valence-corrected chi connectivity index (χ0v) is 14.7. The van der Waals surface area contributed by atoms with Gasteiger partial charge in [0.2, 0.25) is 10.0 Å². The van der Waals surface area contributed by atoms with Gasteiger partial charge in [-0.3, -0.25) is 14.6 Å². The Morgan fingerprint density at radius 3 is 2.21 bits per heavy atom. The average Bonchev–Trinajstić information content (AvgIpc) is 2.44. The molecule has 0 heterocycles. The first-order chi connectivity index (χ1) is 11.1. The molecule has 1 fully saturated rings. The third kappa shape index (κ3) is 4.82. The molecule has 6 nitrogen and oxygen atoms in total. The van der Waals surface area contributed by atoms with Crippen molar-refractivity contribution < 1.29 is 18.0 Å². The lowest BCUT2D eigenvalue weighted by Gasteiger charge is -2.30. The summed E-state index contributed by atoms with van der Waals surface area (Å²) in [7, 11) is -3.69. The third-order valence-electron chi connectivity index (χ3n) is 4.04. The highest BCUT2D eigenvalue weighted by Crippen LogP contribution is 2.33. The summed E-state index contributed by atoms with van der Waals surface area (Å²) in [5.74, 6) is -0.863. The van der Waals surface area contributed by atoms with Crippen molar-refractivity contribution >= 4 is 27.8 Å². The standard InChI is InChI=1S/C17H22N2O4S/c1-17(2)9-15(20)14(16(21)10-17)11-19-8-7-12-3-5-13(6-4-12)24(18,22)23/h3-6,11,14H,7-10H2,1-2H3,(H2,18,22,23). The summed E-state index contributed by atoms with van der Waals surface area (Å²) in [6.45, 7) is 4.26. The summed E-state index contributed by atoms with van der Waals surface area (Å²) in [5, 5.41) is 5.04. The van der Waals surface area contributed by atoms with Crippen LogP contribution in [0.1, 0.15) is 32.3 Å². The van der Waals surface area contributed by atoms with Gasteiger partial charge in [-0.15, -0.1) is 0 Å². The largest absolute Gasteiger partial charge is 0.298 e. The molecule has 2 N–H and O–H groups in total. The van der Waals surface area contributed by atoms with Crippen LogP contribution in [0.2, 0.25) is 0 Å². The van der Waals surface area contributed by atoms with Crippen LogP contribution in [0.5, 0.6) is 0 Å². The smallest absolute Gasteiger partial charge is 0.238 e. The summed E-state index contributed by atoms with van der Waals surface area (Å²) in [6.07, 6.45) is 2.83. The Hall–Kier alpha value is -1.86. The number of sulfonamides is 1. The maximum absolute atomic E-state index is 12.0. The van der Waals surface area contributed by atoms with Crippen molar-refractivity contribution in [2.75, 3.05) is 6.54 Å². The Labute approximate surface area is 142 Å². The number of rotatable bonds is 5. The molecule has 130 valence electrons. The van der Waals surface area contributed by atoms with Gasteiger partial charge >= 0.3 is 0 Å². The summed E-state index contributed by atoms with van der Waals surface area (Å²) in [5.41, 5.74) is 0.644. The van der Waals surface area contributed by atoms with Crippen LogP contribution in [0.15, 0.2) is 34.2 Å². The maximum Gasteiger partial charge on any atom is 0.238 e. The molecule has 0 atom stereocenters. The van der Waals surface area contributed by atoms with Gasteiger partial charge in [-0.1, -0.05) is 26.0 Å². The average molecular weight is 350 g/mol. The molecule has 24 heavy (non-hydrogen) atoms. The normalized spacial score (nSPS) is 19.1. The van der Waals surface area contributed by atoms with Gasteiger partial charge in [0.25, 0.3) is 0 Å². The number of aliphatic imine (C=N–C) groups is 1. The predicted molar refractivity (Wildman–Crippen MR) is 91.4 cm³/mol. The molecule has 1 aliphatic carbocycles. The second-order valence-corrected chi connectivity index (χ2v) is 8.48. The van der Waals surface area contributed by atoms with E-state index in [1.165, 1.54) is 18.3 Å². The number of ketones is 2. The molecule has 1 aromatic carbocycles. The first-order valence-electron chi connectivity index (χ1n) is 7.76. The minimum absolute atomic E-state index is 0.0655. The molecule has 0 aliphatic heterocycles. The highest BCUT2D eigenvalue weighted by Gasteiger charge is 2.38. The second kappa shape index (κ2) is 6.94. The molecule has 0 aromatic heterocycles. The number of benzene rings is 1. The number of nitrogens with two attached hydrogens (primary N) is 1. The summed E-state index contributed by atoms with van der Waals surface area (Å²) in [4.78, 5) is 28.3. The first-order valence-corrected chi connectivity index (χ1v) is 9.30. The summed E-state index contributed by atoms with van der Waals surface area (Å²) >= 11 is 0. The van der Waals surface area contributed by atoms with Crippen LogP contribution in [0.3, 0.4) is 0 Å². The van der Waals surface area contributed by atoms with Gasteiger partial charge < -0.3 is 0 Å². The predicted octanol–water partition coefficient (Wildman–Crippen LogP) is 1.52. The zero-order valence-electron chi connectivity index (χ0n) is 13.9. The third-order valence-corrected chi connectivity index (χ3v) is 4.96. The Morgan fingerprint density at radius 1 is 1.17 bits per heavy atom. The van der Waals surface area contributed by atoms with Crippen molar-refractivity contribution in [3.63, 3.8) is 0 Å². The molecule has 7 heteroatoms. The Balaban J connectivity index is 1.91. The van der Waals surface area contributed by atoms with E-state index in [2.05, 4.69) is 4.99 Å². The summed E-state index contributed by atoms with van der Waals surface area (Å²) < 4.78 is 22.4. The van der Waals surface area contributed by atoms with Gasteiger partial charge in [-0.2, -0.15) is 0 Å². The second-order valence-electron chi connectivity index (χ2n) is 6.92. The maximum atomic E-state index is 12.0. The van der Waals surface area contributed by atoms with Crippen LogP contribution in [-0.4, -0.2) is 32.7 Å². The van der Waals surface area contributed by atoms with E-state index in [-0.39, 0.29) is 21.9 Å². The Kier molecular flexibility index (Phi) is 5.35. The van der Waals surface area contributed by atoms with Gasteiger partial charge in [-0.25, -0.2) is 13.6 Å². The number of primary sulfonamides is 1. The molecule has 0 unspecified atom stereocenters. The molecule has 0 amide bonds. The van der Waals surface area contributed by atoms with E-state index >= 15 is 0 Å². The van der Waals surface area contributed by atoms with Crippen LogP contribution >= 0.6 is 0 Å². The molecule has 1 aliphatic rings. The number of Topliss-reactive ketones (excluding diaryl/α,β-unsaturated/α-hetero) is 2. The molecule has 0 bridgehead atoms. The van der Waals surface area contributed by atoms with Crippen LogP contribution in [0, 0.1) is 11.3 Å². The highest BCUT2D eigenvalue weighted by molar-refractivity contribution is 7.89. The minimum atomic E-state index is -3.69. The minimum Gasteiger partial charge on any atom is -0.298 e. The van der Waals surface area contributed by atoms with Crippen molar-refractivity contribution in [2.24, 2.45) is 21.5 Å². The molecule has 0 radical (unpaired) electrons. The lowest BCUT2D eigenvalue weighted by atomic mass is 9.72. The van der Waals surface area contributed by atoms with E-state index in [9.17, 15) is 18.0 Å². The molecule has 0 saturated heterocycles. The van der Waals surface area contributed by atoms with Gasteiger partial charge in [0, 0.05) is 25.6 Å². The fourth-order valence-corrected chi connectivity index (χ4v) is 3.31. The van der Waals surface area contributed by atoms with E-state index in [1.54, 1.807) is 12.1 Å². The molecule has 1 saturated carbocycles. The number of carbonyl (C=O) groups excluding carboxylic acids is 2. The zero-order chi connectivity index (χ0) is 18.0. The van der Waals surface area contributed by atoms with Crippen LogP contribution in [0.4, 0.5) is 0 Å². The van der Waals surface area contributed by atoms with Crippen LogP contribution in [-0.2, 0) is 26.0 Å². The van der Waals surface area contributed by atoms with E-state index in [0.717, 1.165) is 5.56 Å².